The fourth-order valence-corrected chi connectivity index (χ4v) is 0.818. The molecule has 0 nitrogen and oxygen atoms in total. The standard InChI is InChI=1S/C11H19/c1-3-5-7-9-11-10-8-6-4-2/h6,8-9,11H,1,3-5,7,10H2,2H3/b8-6+,11-9+. The monoisotopic (exact) mass is 151 g/mol. The second kappa shape index (κ2) is 9.48. The Morgan fingerprint density at radius 1 is 1.09 bits per heavy atom. The third kappa shape index (κ3) is 9.48. The minimum Gasteiger partial charge on any atom is -0.0885 e. The van der Waals surface area contributed by atoms with Crippen LogP contribution in [-0.2, 0) is 0 Å². The van der Waals surface area contributed by atoms with Gasteiger partial charge in [0.25, 0.3) is 0 Å². The van der Waals surface area contributed by atoms with Gasteiger partial charge in [-0.15, -0.1) is 0 Å². The summed E-state index contributed by atoms with van der Waals surface area (Å²) in [6, 6.07) is 0. The number of allylic oxidation sites excluding steroid dienone is 4. The maximum Gasteiger partial charge on any atom is -0.0169 e. The van der Waals surface area contributed by atoms with E-state index in [2.05, 4.69) is 38.2 Å². The first-order valence-corrected chi connectivity index (χ1v) is 4.51. The van der Waals surface area contributed by atoms with Crippen LogP contribution in [0.15, 0.2) is 24.3 Å². The topological polar surface area (TPSA) is 0 Å². The van der Waals surface area contributed by atoms with Crippen LogP contribution in [0.4, 0.5) is 0 Å². The zero-order valence-corrected chi connectivity index (χ0v) is 7.55. The third-order valence-electron chi connectivity index (χ3n) is 1.46. The molecule has 0 aliphatic heterocycles. The summed E-state index contributed by atoms with van der Waals surface area (Å²) in [6.07, 6.45) is 14.6. The molecular weight excluding hydrogens is 132 g/mol. The lowest BCUT2D eigenvalue weighted by Gasteiger charge is -1.86. The predicted octanol–water partition coefficient (Wildman–Crippen LogP) is 3.90. The van der Waals surface area contributed by atoms with E-state index in [1.165, 1.54) is 12.8 Å². The Morgan fingerprint density at radius 2 is 1.82 bits per heavy atom. The lowest BCUT2D eigenvalue weighted by molar-refractivity contribution is 0.864. The summed E-state index contributed by atoms with van der Waals surface area (Å²) in [6.45, 7) is 5.94. The highest BCUT2D eigenvalue weighted by Gasteiger charge is 1.76. The number of hydrogen-bond acceptors (Lipinski definition) is 0. The molecular formula is C11H19. The first-order chi connectivity index (χ1) is 5.41. The van der Waals surface area contributed by atoms with Crippen molar-refractivity contribution in [3.8, 4) is 0 Å². The smallest absolute Gasteiger partial charge is 0.0169 e. The molecule has 63 valence electrons. The van der Waals surface area contributed by atoms with Crippen LogP contribution in [0.2, 0.25) is 0 Å². The van der Waals surface area contributed by atoms with Crippen molar-refractivity contribution in [3.05, 3.63) is 31.2 Å². The first kappa shape index (κ1) is 10.5. The van der Waals surface area contributed by atoms with Crippen molar-refractivity contribution in [1.82, 2.24) is 0 Å². The van der Waals surface area contributed by atoms with Gasteiger partial charge >= 0.3 is 0 Å². The van der Waals surface area contributed by atoms with Crippen LogP contribution in [0.3, 0.4) is 0 Å². The Morgan fingerprint density at radius 3 is 2.45 bits per heavy atom. The van der Waals surface area contributed by atoms with Crippen molar-refractivity contribution >= 4 is 0 Å². The molecule has 0 amide bonds. The van der Waals surface area contributed by atoms with Crippen molar-refractivity contribution in [2.75, 3.05) is 0 Å². The van der Waals surface area contributed by atoms with E-state index in [0.29, 0.717) is 0 Å². The van der Waals surface area contributed by atoms with Gasteiger partial charge in [0, 0.05) is 0 Å². The molecule has 0 saturated heterocycles. The van der Waals surface area contributed by atoms with Crippen LogP contribution in [0, 0.1) is 6.92 Å². The fourth-order valence-electron chi connectivity index (χ4n) is 0.818. The van der Waals surface area contributed by atoms with Crippen LogP contribution in [-0.4, -0.2) is 0 Å². The number of unbranched alkanes of at least 4 members (excludes halogenated alkanes) is 2. The zero-order valence-electron chi connectivity index (χ0n) is 7.55. The highest BCUT2D eigenvalue weighted by Crippen LogP contribution is 1.96. The largest absolute Gasteiger partial charge is 0.0885 e. The van der Waals surface area contributed by atoms with Gasteiger partial charge in [-0.3, -0.25) is 0 Å². The average molecular weight is 151 g/mol. The van der Waals surface area contributed by atoms with Crippen LogP contribution in [0.1, 0.15) is 39.0 Å². The molecule has 0 unspecified atom stereocenters. The molecule has 0 atom stereocenters. The molecule has 0 saturated carbocycles. The Labute approximate surface area is 71.0 Å². The molecule has 0 aromatic heterocycles. The van der Waals surface area contributed by atoms with E-state index in [-0.39, 0.29) is 0 Å². The Bertz CT molecular complexity index is 109. The summed E-state index contributed by atoms with van der Waals surface area (Å²) in [5, 5.41) is 0. The van der Waals surface area contributed by atoms with Crippen molar-refractivity contribution in [2.24, 2.45) is 0 Å². The van der Waals surface area contributed by atoms with Gasteiger partial charge in [-0.1, -0.05) is 44.6 Å². The summed E-state index contributed by atoms with van der Waals surface area (Å²) >= 11 is 0. The fraction of sp³-hybridized carbons (Fsp3) is 0.545. The molecule has 11 heavy (non-hydrogen) atoms. The molecule has 0 aliphatic carbocycles. The van der Waals surface area contributed by atoms with Crippen LogP contribution in [0.5, 0.6) is 0 Å². The van der Waals surface area contributed by atoms with Crippen molar-refractivity contribution in [3.63, 3.8) is 0 Å². The van der Waals surface area contributed by atoms with Crippen molar-refractivity contribution in [2.45, 2.75) is 39.0 Å². The molecule has 0 N–H and O–H groups in total. The van der Waals surface area contributed by atoms with E-state index in [9.17, 15) is 0 Å². The van der Waals surface area contributed by atoms with Gasteiger partial charge < -0.3 is 0 Å². The number of hydrogen-bond donors (Lipinski definition) is 0. The SMILES string of the molecule is [CH2]CCC/C=C/C/C=C/CC. The highest BCUT2D eigenvalue weighted by atomic mass is 13.8. The second-order valence-corrected chi connectivity index (χ2v) is 2.58. The normalized spacial score (nSPS) is 11.8. The van der Waals surface area contributed by atoms with Gasteiger partial charge in [-0.2, -0.15) is 0 Å². The number of rotatable bonds is 6. The molecule has 0 aromatic rings. The minimum atomic E-state index is 1.05. The van der Waals surface area contributed by atoms with Gasteiger partial charge in [0.05, 0.1) is 0 Å². The molecule has 0 aliphatic rings. The molecule has 1 radical (unpaired) electrons. The molecule has 0 fully saturated rings. The van der Waals surface area contributed by atoms with E-state index >= 15 is 0 Å². The van der Waals surface area contributed by atoms with E-state index in [1.807, 2.05) is 0 Å². The summed E-state index contributed by atoms with van der Waals surface area (Å²) in [5.74, 6) is 0. The van der Waals surface area contributed by atoms with Gasteiger partial charge in [0.15, 0.2) is 0 Å². The minimum absolute atomic E-state index is 1.05. The average Bonchev–Trinajstić information content (AvgIpc) is 2.03. The zero-order chi connectivity index (χ0) is 8.36. The molecule has 0 spiro atoms. The maximum atomic E-state index is 3.79. The predicted molar refractivity (Wildman–Crippen MR) is 52.4 cm³/mol. The first-order valence-electron chi connectivity index (χ1n) is 4.51. The summed E-state index contributed by atoms with van der Waals surface area (Å²) in [5.41, 5.74) is 0. The van der Waals surface area contributed by atoms with Gasteiger partial charge in [0.2, 0.25) is 0 Å². The molecule has 0 heterocycles. The third-order valence-corrected chi connectivity index (χ3v) is 1.46. The molecule has 0 bridgehead atoms. The summed E-state index contributed by atoms with van der Waals surface area (Å²) in [7, 11) is 0. The molecule has 0 heteroatoms. The quantitative estimate of drug-likeness (QED) is 0.399. The van der Waals surface area contributed by atoms with Gasteiger partial charge in [-0.05, 0) is 25.7 Å². The van der Waals surface area contributed by atoms with Crippen LogP contribution >= 0.6 is 0 Å². The van der Waals surface area contributed by atoms with E-state index in [4.69, 9.17) is 0 Å². The highest BCUT2D eigenvalue weighted by molar-refractivity contribution is 4.92. The van der Waals surface area contributed by atoms with Crippen LogP contribution in [0.25, 0.3) is 0 Å². The molecule has 0 rings (SSSR count). The maximum absolute atomic E-state index is 3.79. The van der Waals surface area contributed by atoms with E-state index in [0.717, 1.165) is 19.3 Å². The van der Waals surface area contributed by atoms with E-state index < -0.39 is 0 Å². The van der Waals surface area contributed by atoms with Gasteiger partial charge in [-0.25, -0.2) is 0 Å². The molecule has 0 aromatic carbocycles. The van der Waals surface area contributed by atoms with Crippen molar-refractivity contribution < 1.29 is 0 Å². The Hall–Kier alpha value is -0.520. The van der Waals surface area contributed by atoms with Gasteiger partial charge in [0.1, 0.15) is 0 Å². The Balaban J connectivity index is 3.09. The van der Waals surface area contributed by atoms with Crippen molar-refractivity contribution in [1.29, 1.82) is 0 Å². The van der Waals surface area contributed by atoms with E-state index in [1.54, 1.807) is 0 Å². The summed E-state index contributed by atoms with van der Waals surface area (Å²) in [4.78, 5) is 0. The lowest BCUT2D eigenvalue weighted by Crippen LogP contribution is -1.66. The summed E-state index contributed by atoms with van der Waals surface area (Å²) < 4.78 is 0. The second-order valence-electron chi connectivity index (χ2n) is 2.58. The van der Waals surface area contributed by atoms with Crippen LogP contribution < -0.4 is 0 Å². The Kier molecular flexibility index (Phi) is 9.03. The lowest BCUT2D eigenvalue weighted by atomic mass is 10.2.